The molecule has 2 rings (SSSR count). The molecule has 1 aliphatic rings. The lowest BCUT2D eigenvalue weighted by molar-refractivity contribution is -0.0228. The van der Waals surface area contributed by atoms with Crippen LogP contribution in [0.25, 0.3) is 0 Å². The fraction of sp³-hybridized carbons (Fsp3) is 0.647. The smallest absolute Gasteiger partial charge is 0.254 e. The Hall–Kier alpha value is -1.49. The molecule has 5 heteroatoms. The van der Waals surface area contributed by atoms with E-state index in [9.17, 15) is 14.3 Å². The van der Waals surface area contributed by atoms with Gasteiger partial charge in [-0.15, -0.1) is 0 Å². The monoisotopic (exact) mass is 308 g/mol. The van der Waals surface area contributed by atoms with E-state index in [-0.39, 0.29) is 17.5 Å². The van der Waals surface area contributed by atoms with E-state index in [2.05, 4.69) is 31.1 Å². The van der Waals surface area contributed by atoms with Crippen LogP contribution >= 0.6 is 0 Å². The summed E-state index contributed by atoms with van der Waals surface area (Å²) < 4.78 is 13.5. The van der Waals surface area contributed by atoms with E-state index in [0.29, 0.717) is 18.8 Å². The lowest BCUT2D eigenvalue weighted by Gasteiger charge is -2.41. The number of halogens is 1. The molecule has 1 amide bonds. The van der Waals surface area contributed by atoms with Gasteiger partial charge in [0.15, 0.2) is 5.82 Å². The first-order valence-electron chi connectivity index (χ1n) is 7.81. The molecule has 4 nitrogen and oxygen atoms in total. The molecule has 1 aromatic rings. The van der Waals surface area contributed by atoms with Crippen molar-refractivity contribution in [3.63, 3.8) is 0 Å². The van der Waals surface area contributed by atoms with Crippen LogP contribution in [-0.4, -0.2) is 28.1 Å². The van der Waals surface area contributed by atoms with Crippen LogP contribution in [0.15, 0.2) is 18.5 Å². The van der Waals surface area contributed by atoms with Gasteiger partial charge in [0.05, 0.1) is 17.4 Å². The molecular formula is C17H25FN2O2. The lowest BCUT2D eigenvalue weighted by atomic mass is 9.68. The molecule has 122 valence electrons. The number of rotatable bonds is 3. The summed E-state index contributed by atoms with van der Waals surface area (Å²) in [4.78, 5) is 15.6. The minimum Gasteiger partial charge on any atom is -0.388 e. The second kappa shape index (κ2) is 6.32. The number of aliphatic hydroxyl groups is 1. The van der Waals surface area contributed by atoms with Crippen LogP contribution in [-0.2, 0) is 0 Å². The predicted molar refractivity (Wildman–Crippen MR) is 82.9 cm³/mol. The Balaban J connectivity index is 1.90. The van der Waals surface area contributed by atoms with Crippen molar-refractivity contribution in [1.29, 1.82) is 0 Å². The van der Waals surface area contributed by atoms with Crippen LogP contribution in [0.4, 0.5) is 4.39 Å². The van der Waals surface area contributed by atoms with Crippen LogP contribution in [0, 0.1) is 17.2 Å². The normalized spacial score (nSPS) is 25.8. The van der Waals surface area contributed by atoms with Crippen LogP contribution in [0.1, 0.15) is 56.8 Å². The van der Waals surface area contributed by atoms with E-state index >= 15 is 0 Å². The highest BCUT2D eigenvalue weighted by Crippen LogP contribution is 2.41. The van der Waals surface area contributed by atoms with Crippen molar-refractivity contribution < 1.29 is 14.3 Å². The van der Waals surface area contributed by atoms with Gasteiger partial charge in [-0.05, 0) is 43.1 Å². The highest BCUT2D eigenvalue weighted by molar-refractivity contribution is 5.94. The van der Waals surface area contributed by atoms with Gasteiger partial charge in [-0.2, -0.15) is 0 Å². The summed E-state index contributed by atoms with van der Waals surface area (Å²) in [5.74, 6) is -0.573. The van der Waals surface area contributed by atoms with Crippen LogP contribution in [0.2, 0.25) is 0 Å². The number of amides is 1. The molecule has 1 aliphatic carbocycles. The largest absolute Gasteiger partial charge is 0.388 e. The first-order valence-corrected chi connectivity index (χ1v) is 7.81. The molecule has 0 bridgehead atoms. The Morgan fingerprint density at radius 2 is 2.09 bits per heavy atom. The third-order valence-corrected chi connectivity index (χ3v) is 4.74. The molecule has 22 heavy (non-hydrogen) atoms. The number of nitrogens with zero attached hydrogens (tertiary/aromatic N) is 1. The van der Waals surface area contributed by atoms with Crippen molar-refractivity contribution in [2.24, 2.45) is 11.3 Å². The first kappa shape index (κ1) is 16.9. The quantitative estimate of drug-likeness (QED) is 0.902. The summed E-state index contributed by atoms with van der Waals surface area (Å²) in [6, 6.07) is 1.34. The molecule has 0 aliphatic heterocycles. The van der Waals surface area contributed by atoms with Gasteiger partial charge in [-0.3, -0.25) is 9.78 Å². The second-order valence-corrected chi connectivity index (χ2v) is 7.40. The number of aromatic nitrogens is 1. The fourth-order valence-corrected chi connectivity index (χ4v) is 3.10. The zero-order chi connectivity index (χ0) is 16.4. The molecule has 0 aromatic carbocycles. The maximum Gasteiger partial charge on any atom is 0.254 e. The molecule has 0 saturated heterocycles. The Morgan fingerprint density at radius 1 is 1.45 bits per heavy atom. The zero-order valence-corrected chi connectivity index (χ0v) is 13.5. The zero-order valence-electron chi connectivity index (χ0n) is 13.5. The third kappa shape index (κ3) is 4.03. The molecule has 2 N–H and O–H groups in total. The Bertz CT molecular complexity index is 532. The van der Waals surface area contributed by atoms with E-state index in [4.69, 9.17) is 0 Å². The second-order valence-electron chi connectivity index (χ2n) is 7.40. The molecule has 0 radical (unpaired) electrons. The molecule has 0 spiro atoms. The van der Waals surface area contributed by atoms with E-state index < -0.39 is 17.3 Å². The number of carbonyl (C=O) groups excluding carboxylic acids is 1. The molecule has 1 heterocycles. The van der Waals surface area contributed by atoms with Crippen molar-refractivity contribution in [3.8, 4) is 0 Å². The molecule has 0 atom stereocenters. The van der Waals surface area contributed by atoms with Crippen LogP contribution in [0.3, 0.4) is 0 Å². The van der Waals surface area contributed by atoms with E-state index in [1.807, 2.05) is 0 Å². The van der Waals surface area contributed by atoms with Crippen molar-refractivity contribution in [2.45, 2.75) is 52.1 Å². The van der Waals surface area contributed by atoms with Crippen molar-refractivity contribution in [3.05, 3.63) is 29.8 Å². The molecule has 1 fully saturated rings. The average molecular weight is 308 g/mol. The number of nitrogens with one attached hydrogen (secondary N) is 1. The molecule has 1 aromatic heterocycles. The van der Waals surface area contributed by atoms with Crippen molar-refractivity contribution >= 4 is 5.91 Å². The first-order chi connectivity index (χ1) is 10.2. The van der Waals surface area contributed by atoms with Crippen molar-refractivity contribution in [2.75, 3.05) is 6.54 Å². The molecule has 1 saturated carbocycles. The number of carbonyl (C=O) groups is 1. The minimum atomic E-state index is -0.888. The van der Waals surface area contributed by atoms with E-state index in [1.54, 1.807) is 0 Å². The summed E-state index contributed by atoms with van der Waals surface area (Å²) >= 11 is 0. The number of hydrogen-bond donors (Lipinski definition) is 2. The van der Waals surface area contributed by atoms with E-state index in [1.165, 1.54) is 12.3 Å². The van der Waals surface area contributed by atoms with Gasteiger partial charge in [-0.1, -0.05) is 20.8 Å². The predicted octanol–water partition coefficient (Wildman–Crippen LogP) is 2.92. The standard InChI is InChI=1S/C17H25FN2O2/c1-16(2,3)12-4-7-17(22,8-5-12)11-20-15(21)13-6-9-19-10-14(13)18/h6,9-10,12,22H,4-5,7-8,11H2,1-3H3,(H,20,21). The molecule has 0 unspecified atom stereocenters. The topological polar surface area (TPSA) is 62.2 Å². The Kier molecular flexibility index (Phi) is 4.85. The summed E-state index contributed by atoms with van der Waals surface area (Å²) in [6.07, 6.45) is 5.60. The van der Waals surface area contributed by atoms with Crippen molar-refractivity contribution in [1.82, 2.24) is 10.3 Å². The third-order valence-electron chi connectivity index (χ3n) is 4.74. The lowest BCUT2D eigenvalue weighted by Crippen LogP contribution is -2.46. The maximum atomic E-state index is 13.5. The summed E-state index contributed by atoms with van der Waals surface area (Å²) in [7, 11) is 0. The summed E-state index contributed by atoms with van der Waals surface area (Å²) in [5, 5.41) is 13.2. The minimum absolute atomic E-state index is 0.0398. The average Bonchev–Trinajstić information content (AvgIpc) is 2.45. The van der Waals surface area contributed by atoms with Gasteiger partial charge in [0.1, 0.15) is 0 Å². The van der Waals surface area contributed by atoms with Crippen LogP contribution < -0.4 is 5.32 Å². The maximum absolute atomic E-state index is 13.5. The van der Waals surface area contributed by atoms with E-state index in [0.717, 1.165) is 19.0 Å². The number of pyridine rings is 1. The highest BCUT2D eigenvalue weighted by atomic mass is 19.1. The summed E-state index contributed by atoms with van der Waals surface area (Å²) in [5.41, 5.74) is -0.687. The summed E-state index contributed by atoms with van der Waals surface area (Å²) in [6.45, 7) is 6.81. The van der Waals surface area contributed by atoms with Gasteiger partial charge >= 0.3 is 0 Å². The number of hydrogen-bond acceptors (Lipinski definition) is 3. The van der Waals surface area contributed by atoms with Gasteiger partial charge in [-0.25, -0.2) is 4.39 Å². The van der Waals surface area contributed by atoms with Gasteiger partial charge in [0.25, 0.3) is 5.91 Å². The highest BCUT2D eigenvalue weighted by Gasteiger charge is 2.37. The van der Waals surface area contributed by atoms with Gasteiger partial charge < -0.3 is 10.4 Å². The van der Waals surface area contributed by atoms with Crippen LogP contribution in [0.5, 0.6) is 0 Å². The SMILES string of the molecule is CC(C)(C)C1CCC(O)(CNC(=O)c2ccncc2F)CC1. The van der Waals surface area contributed by atoms with Gasteiger partial charge in [0, 0.05) is 12.7 Å². The Labute approximate surface area is 131 Å². The molecular weight excluding hydrogens is 283 g/mol. The Morgan fingerprint density at radius 3 is 2.64 bits per heavy atom. The van der Waals surface area contributed by atoms with Gasteiger partial charge in [0.2, 0.25) is 0 Å². The fourth-order valence-electron chi connectivity index (χ4n) is 3.10.